The van der Waals surface area contributed by atoms with Gasteiger partial charge in [-0.25, -0.2) is 4.98 Å². The molecule has 1 heterocycles. The molecule has 3 nitrogen and oxygen atoms in total. The lowest BCUT2D eigenvalue weighted by atomic mass is 10.2. The normalized spacial score (nSPS) is 11.4. The van der Waals surface area contributed by atoms with Gasteiger partial charge in [-0.2, -0.15) is 13.2 Å². The predicted octanol–water partition coefficient (Wildman–Crippen LogP) is 3.07. The van der Waals surface area contributed by atoms with Crippen molar-refractivity contribution in [2.45, 2.75) is 12.6 Å². The quantitative estimate of drug-likeness (QED) is 0.868. The van der Waals surface area contributed by atoms with E-state index in [-0.39, 0.29) is 15.7 Å². The number of amides is 1. The fourth-order valence-corrected chi connectivity index (χ4v) is 1.35. The fraction of sp³-hybridized carbons (Fsp3) is 0.333. The number of aromatic nitrogens is 1. The van der Waals surface area contributed by atoms with Gasteiger partial charge in [-0.15, -0.1) is 0 Å². The van der Waals surface area contributed by atoms with Crippen molar-refractivity contribution in [3.8, 4) is 0 Å². The maximum Gasteiger partial charge on any atom is 0.390 e. The molecule has 0 aromatic carbocycles. The van der Waals surface area contributed by atoms with Gasteiger partial charge in [0.05, 0.1) is 17.0 Å². The zero-order chi connectivity index (χ0) is 13.1. The summed E-state index contributed by atoms with van der Waals surface area (Å²) >= 11 is 11.2. The first kappa shape index (κ1) is 14.1. The molecule has 0 fully saturated rings. The molecule has 0 aliphatic carbocycles. The van der Waals surface area contributed by atoms with Crippen LogP contribution in [0.4, 0.5) is 13.2 Å². The van der Waals surface area contributed by atoms with E-state index in [1.165, 1.54) is 6.07 Å². The molecule has 0 aliphatic rings. The molecule has 0 spiro atoms. The smallest absolute Gasteiger partial charge is 0.352 e. The number of nitrogens with zero attached hydrogens (tertiary/aromatic N) is 1. The first-order valence-electron chi connectivity index (χ1n) is 4.45. The van der Waals surface area contributed by atoms with Crippen LogP contribution in [0.25, 0.3) is 0 Å². The Bertz CT molecular complexity index is 423. The molecular formula is C9H7Cl2F3N2O. The maximum absolute atomic E-state index is 11.8. The van der Waals surface area contributed by atoms with Crippen LogP contribution in [-0.2, 0) is 0 Å². The summed E-state index contributed by atoms with van der Waals surface area (Å²) in [5.41, 5.74) is -0.00570. The number of nitrogens with one attached hydrogen (secondary N) is 1. The predicted molar refractivity (Wildman–Crippen MR) is 57.3 cm³/mol. The molecule has 0 radical (unpaired) electrons. The lowest BCUT2D eigenvalue weighted by Crippen LogP contribution is -2.28. The van der Waals surface area contributed by atoms with Crippen LogP contribution in [0.2, 0.25) is 10.2 Å². The molecule has 1 rings (SSSR count). The number of halogens is 5. The van der Waals surface area contributed by atoms with Gasteiger partial charge >= 0.3 is 6.18 Å². The first-order chi connectivity index (χ1) is 7.79. The van der Waals surface area contributed by atoms with Gasteiger partial charge in [0.15, 0.2) is 0 Å². The summed E-state index contributed by atoms with van der Waals surface area (Å²) in [4.78, 5) is 15.1. The van der Waals surface area contributed by atoms with Crippen LogP contribution in [0, 0.1) is 0 Å². The molecule has 0 bridgehead atoms. The highest BCUT2D eigenvalue weighted by Gasteiger charge is 2.26. The van der Waals surface area contributed by atoms with Crippen LogP contribution in [0.3, 0.4) is 0 Å². The SMILES string of the molecule is O=C(NCCC(F)(F)F)c1cc(Cl)ncc1Cl. The number of alkyl halides is 3. The van der Waals surface area contributed by atoms with Crippen LogP contribution in [0.5, 0.6) is 0 Å². The van der Waals surface area contributed by atoms with Crippen molar-refractivity contribution in [2.75, 3.05) is 6.54 Å². The number of pyridine rings is 1. The first-order valence-corrected chi connectivity index (χ1v) is 5.21. The molecule has 1 aromatic rings. The van der Waals surface area contributed by atoms with E-state index in [2.05, 4.69) is 10.3 Å². The van der Waals surface area contributed by atoms with Gasteiger partial charge in [-0.05, 0) is 6.07 Å². The number of hydrogen-bond donors (Lipinski definition) is 1. The van der Waals surface area contributed by atoms with Gasteiger partial charge in [-0.1, -0.05) is 23.2 Å². The van der Waals surface area contributed by atoms with Crippen molar-refractivity contribution in [3.63, 3.8) is 0 Å². The van der Waals surface area contributed by atoms with Gasteiger partial charge in [0.1, 0.15) is 5.15 Å². The maximum atomic E-state index is 11.8. The Morgan fingerprint density at radius 2 is 2.06 bits per heavy atom. The van der Waals surface area contributed by atoms with Crippen LogP contribution in [0.1, 0.15) is 16.8 Å². The molecule has 0 atom stereocenters. The van der Waals surface area contributed by atoms with Gasteiger partial charge < -0.3 is 5.32 Å². The van der Waals surface area contributed by atoms with Crippen molar-refractivity contribution in [2.24, 2.45) is 0 Å². The summed E-state index contributed by atoms with van der Waals surface area (Å²) in [6.45, 7) is -0.515. The number of hydrogen-bond acceptors (Lipinski definition) is 2. The third kappa shape index (κ3) is 4.79. The summed E-state index contributed by atoms with van der Waals surface area (Å²) in [7, 11) is 0. The lowest BCUT2D eigenvalue weighted by molar-refractivity contribution is -0.132. The van der Waals surface area contributed by atoms with Gasteiger partial charge in [-0.3, -0.25) is 4.79 Å². The Morgan fingerprint density at radius 1 is 1.41 bits per heavy atom. The van der Waals surface area contributed by atoms with E-state index < -0.39 is 25.0 Å². The van der Waals surface area contributed by atoms with Crippen LogP contribution in [0.15, 0.2) is 12.3 Å². The van der Waals surface area contributed by atoms with Gasteiger partial charge in [0.25, 0.3) is 5.91 Å². The molecule has 0 aliphatic heterocycles. The standard InChI is InChI=1S/C9H7Cl2F3N2O/c10-6-4-16-7(11)3-5(6)8(17)15-2-1-9(12,13)14/h3-4H,1-2H2,(H,15,17). The average Bonchev–Trinajstić information content (AvgIpc) is 2.19. The minimum atomic E-state index is -4.31. The zero-order valence-corrected chi connectivity index (χ0v) is 9.83. The Hall–Kier alpha value is -1.01. The fourth-order valence-electron chi connectivity index (χ4n) is 1.00. The van der Waals surface area contributed by atoms with Crippen LogP contribution < -0.4 is 5.32 Å². The molecule has 0 saturated carbocycles. The number of rotatable bonds is 3. The highest BCUT2D eigenvalue weighted by molar-refractivity contribution is 6.35. The Morgan fingerprint density at radius 3 is 2.65 bits per heavy atom. The van der Waals surface area contributed by atoms with Crippen molar-refractivity contribution < 1.29 is 18.0 Å². The largest absolute Gasteiger partial charge is 0.390 e. The monoisotopic (exact) mass is 286 g/mol. The molecule has 17 heavy (non-hydrogen) atoms. The zero-order valence-electron chi connectivity index (χ0n) is 8.31. The molecule has 1 N–H and O–H groups in total. The van der Waals surface area contributed by atoms with Crippen molar-refractivity contribution >= 4 is 29.1 Å². The van der Waals surface area contributed by atoms with Crippen LogP contribution >= 0.6 is 23.2 Å². The lowest BCUT2D eigenvalue weighted by Gasteiger charge is -2.08. The molecule has 0 unspecified atom stereocenters. The molecule has 1 aromatic heterocycles. The van der Waals surface area contributed by atoms with E-state index in [9.17, 15) is 18.0 Å². The molecule has 8 heteroatoms. The highest BCUT2D eigenvalue weighted by atomic mass is 35.5. The van der Waals surface area contributed by atoms with Crippen molar-refractivity contribution in [3.05, 3.63) is 28.0 Å². The summed E-state index contributed by atoms with van der Waals surface area (Å²) in [6.07, 6.45) is -4.26. The van der Waals surface area contributed by atoms with Crippen molar-refractivity contribution in [1.29, 1.82) is 0 Å². The van der Waals surface area contributed by atoms with E-state index in [0.29, 0.717) is 0 Å². The summed E-state index contributed by atoms with van der Waals surface area (Å²) in [5, 5.41) is 2.16. The minimum Gasteiger partial charge on any atom is -0.352 e. The number of carbonyl (C=O) groups excluding carboxylic acids is 1. The second-order valence-corrected chi connectivity index (χ2v) is 3.90. The summed E-state index contributed by atoms with van der Waals surface area (Å²) in [5.74, 6) is -0.719. The Balaban J connectivity index is 2.61. The Kier molecular flexibility index (Phi) is 4.59. The van der Waals surface area contributed by atoms with Crippen molar-refractivity contribution in [1.82, 2.24) is 10.3 Å². The molecule has 94 valence electrons. The van der Waals surface area contributed by atoms with E-state index in [1.807, 2.05) is 0 Å². The minimum absolute atomic E-state index is 0.00570. The van der Waals surface area contributed by atoms with E-state index in [4.69, 9.17) is 23.2 Å². The molecular weight excluding hydrogens is 280 g/mol. The topological polar surface area (TPSA) is 42.0 Å². The molecule has 0 saturated heterocycles. The number of carbonyl (C=O) groups is 1. The third-order valence-corrected chi connectivity index (χ3v) is 2.27. The average molecular weight is 287 g/mol. The van der Waals surface area contributed by atoms with Gasteiger partial charge in [0, 0.05) is 12.7 Å². The molecule has 1 amide bonds. The van der Waals surface area contributed by atoms with Gasteiger partial charge in [0.2, 0.25) is 0 Å². The second kappa shape index (κ2) is 5.55. The van der Waals surface area contributed by atoms with E-state index in [1.54, 1.807) is 0 Å². The summed E-state index contributed by atoms with van der Waals surface area (Å²) in [6, 6.07) is 1.19. The van der Waals surface area contributed by atoms with Crippen LogP contribution in [-0.4, -0.2) is 23.6 Å². The van der Waals surface area contributed by atoms with E-state index >= 15 is 0 Å². The summed E-state index contributed by atoms with van der Waals surface area (Å²) < 4.78 is 35.5. The highest BCUT2D eigenvalue weighted by Crippen LogP contribution is 2.20. The second-order valence-electron chi connectivity index (χ2n) is 3.11. The van der Waals surface area contributed by atoms with E-state index in [0.717, 1.165) is 6.20 Å². The third-order valence-electron chi connectivity index (χ3n) is 1.76. The Labute approximate surface area is 105 Å².